The van der Waals surface area contributed by atoms with Gasteiger partial charge in [0.1, 0.15) is 6.10 Å². The molecule has 1 aromatic heterocycles. The molecular weight excluding hydrogens is 380 g/mol. The molecule has 0 radical (unpaired) electrons. The number of amides is 1. The molecule has 2 fully saturated rings. The van der Waals surface area contributed by atoms with Crippen LogP contribution in [0.2, 0.25) is 0 Å². The highest BCUT2D eigenvalue weighted by Crippen LogP contribution is 2.34. The Labute approximate surface area is 180 Å². The zero-order chi connectivity index (χ0) is 20.9. The summed E-state index contributed by atoms with van der Waals surface area (Å²) in [6.45, 7) is 7.97. The van der Waals surface area contributed by atoms with E-state index in [1.165, 1.54) is 31.4 Å². The predicted octanol–water partition coefficient (Wildman–Crippen LogP) is 2.24. The summed E-state index contributed by atoms with van der Waals surface area (Å²) >= 11 is 0. The van der Waals surface area contributed by atoms with Gasteiger partial charge in [0, 0.05) is 57.5 Å². The van der Waals surface area contributed by atoms with Crippen LogP contribution in [0.5, 0.6) is 5.75 Å². The summed E-state index contributed by atoms with van der Waals surface area (Å²) in [5.74, 6) is 2.84. The van der Waals surface area contributed by atoms with E-state index in [-0.39, 0.29) is 12.0 Å². The average Bonchev–Trinajstić information content (AvgIpc) is 3.27. The lowest BCUT2D eigenvalue weighted by Gasteiger charge is -2.37. The molecule has 30 heavy (non-hydrogen) atoms. The highest BCUT2D eigenvalue weighted by molar-refractivity contribution is 5.80. The van der Waals surface area contributed by atoms with E-state index in [0.29, 0.717) is 6.04 Å². The van der Waals surface area contributed by atoms with Gasteiger partial charge in [-0.05, 0) is 57.6 Å². The first-order valence-electron chi connectivity index (χ1n) is 11.5. The topological polar surface area (TPSA) is 66.9 Å². The van der Waals surface area contributed by atoms with E-state index in [9.17, 15) is 4.79 Å². The zero-order valence-corrected chi connectivity index (χ0v) is 18.4. The van der Waals surface area contributed by atoms with Crippen LogP contribution in [0.4, 0.5) is 5.82 Å². The van der Waals surface area contributed by atoms with Crippen molar-refractivity contribution in [1.82, 2.24) is 15.2 Å². The second kappa shape index (κ2) is 9.96. The number of carbonyl (C=O) groups excluding carboxylic acids is 1. The van der Waals surface area contributed by atoms with Crippen molar-refractivity contribution in [3.05, 3.63) is 17.8 Å². The quantitative estimate of drug-likeness (QED) is 0.735. The second-order valence-corrected chi connectivity index (χ2v) is 8.94. The van der Waals surface area contributed by atoms with E-state index in [1.54, 1.807) is 14.0 Å². The van der Waals surface area contributed by atoms with Crippen LogP contribution in [0.3, 0.4) is 0 Å². The van der Waals surface area contributed by atoms with Gasteiger partial charge in [0.15, 0.2) is 11.6 Å². The molecule has 4 rings (SSSR count). The van der Waals surface area contributed by atoms with Gasteiger partial charge in [-0.15, -0.1) is 0 Å². The molecular formula is C23H36N4O3. The van der Waals surface area contributed by atoms with Crippen LogP contribution < -0.4 is 15.0 Å². The van der Waals surface area contributed by atoms with Crippen LogP contribution in [-0.2, 0) is 16.0 Å². The largest absolute Gasteiger partial charge is 0.489 e. The van der Waals surface area contributed by atoms with Crippen LogP contribution in [0.15, 0.2) is 12.3 Å². The maximum Gasteiger partial charge on any atom is 0.249 e. The van der Waals surface area contributed by atoms with Gasteiger partial charge in [0.2, 0.25) is 5.91 Å². The van der Waals surface area contributed by atoms with Gasteiger partial charge in [-0.1, -0.05) is 0 Å². The van der Waals surface area contributed by atoms with Crippen LogP contribution >= 0.6 is 0 Å². The normalized spacial score (nSPS) is 25.5. The van der Waals surface area contributed by atoms with Gasteiger partial charge >= 0.3 is 0 Å². The molecule has 166 valence electrons. The van der Waals surface area contributed by atoms with Crippen molar-refractivity contribution in [2.24, 2.45) is 5.92 Å². The summed E-state index contributed by atoms with van der Waals surface area (Å²) in [6, 6.07) is 2.40. The highest BCUT2D eigenvalue weighted by atomic mass is 16.5. The van der Waals surface area contributed by atoms with Crippen LogP contribution in [0.1, 0.15) is 44.6 Å². The van der Waals surface area contributed by atoms with E-state index in [4.69, 9.17) is 9.47 Å². The summed E-state index contributed by atoms with van der Waals surface area (Å²) in [5.41, 5.74) is 1.30. The van der Waals surface area contributed by atoms with Crippen LogP contribution in [0.25, 0.3) is 0 Å². The van der Waals surface area contributed by atoms with Crippen molar-refractivity contribution in [2.45, 2.75) is 57.6 Å². The Bertz CT molecular complexity index is 712. The Morgan fingerprint density at radius 3 is 2.77 bits per heavy atom. The summed E-state index contributed by atoms with van der Waals surface area (Å²) in [6.07, 6.45) is 8.42. The Morgan fingerprint density at radius 2 is 2.03 bits per heavy atom. The van der Waals surface area contributed by atoms with Crippen molar-refractivity contribution in [3.8, 4) is 5.75 Å². The van der Waals surface area contributed by atoms with E-state index >= 15 is 0 Å². The lowest BCUT2D eigenvalue weighted by molar-refractivity contribution is -0.131. The fraction of sp³-hybridized carbons (Fsp3) is 0.739. The molecule has 3 heterocycles. The standard InChI is InChI=1S/C23H36N4O3/c1-17(29-2)23(28)25-20-5-3-18(4-6-20)8-11-26-12-14-27(15-13-26)22-21-19(7-10-24-22)9-16-30-21/h7,10,17-18,20H,3-6,8-9,11-16H2,1-2H3,(H,25,28)/t17-,18-,20-/m1/s1. The number of hydrogen-bond donors (Lipinski definition) is 1. The lowest BCUT2D eigenvalue weighted by atomic mass is 9.84. The number of piperazine rings is 1. The summed E-state index contributed by atoms with van der Waals surface area (Å²) in [7, 11) is 1.58. The Hall–Kier alpha value is -1.86. The van der Waals surface area contributed by atoms with Gasteiger partial charge < -0.3 is 19.7 Å². The number of methoxy groups -OCH3 is 1. The average molecular weight is 417 g/mol. The third-order valence-corrected chi connectivity index (χ3v) is 7.03. The van der Waals surface area contributed by atoms with Crippen LogP contribution in [-0.4, -0.2) is 74.4 Å². The SMILES string of the molecule is CO[C@H](C)C(=O)N[C@H]1CC[C@H](CCN2CCN(c3nccc4c3OCC4)CC2)CC1. The molecule has 3 aliphatic rings. The first-order valence-corrected chi connectivity index (χ1v) is 11.5. The molecule has 1 saturated carbocycles. The number of anilines is 1. The number of ether oxygens (including phenoxy) is 2. The Kier molecular flexibility index (Phi) is 7.10. The number of hydrogen-bond acceptors (Lipinski definition) is 6. The Morgan fingerprint density at radius 1 is 1.27 bits per heavy atom. The Balaban J connectivity index is 1.16. The van der Waals surface area contributed by atoms with Crippen molar-refractivity contribution < 1.29 is 14.3 Å². The van der Waals surface area contributed by atoms with Crippen molar-refractivity contribution in [2.75, 3.05) is 51.3 Å². The minimum atomic E-state index is -0.361. The molecule has 1 N–H and O–H groups in total. The number of rotatable bonds is 7. The highest BCUT2D eigenvalue weighted by Gasteiger charge is 2.27. The maximum absolute atomic E-state index is 12.0. The number of aromatic nitrogens is 1. The molecule has 1 saturated heterocycles. The number of nitrogens with zero attached hydrogens (tertiary/aromatic N) is 3. The third kappa shape index (κ3) is 5.06. The number of pyridine rings is 1. The van der Waals surface area contributed by atoms with Crippen molar-refractivity contribution in [1.29, 1.82) is 0 Å². The third-order valence-electron chi connectivity index (χ3n) is 7.03. The molecule has 1 aliphatic carbocycles. The van der Waals surface area contributed by atoms with Gasteiger partial charge in [0.25, 0.3) is 0 Å². The molecule has 0 bridgehead atoms. The van der Waals surface area contributed by atoms with Crippen LogP contribution in [0, 0.1) is 5.92 Å². The zero-order valence-electron chi connectivity index (χ0n) is 18.4. The fourth-order valence-corrected chi connectivity index (χ4v) is 4.89. The van der Waals surface area contributed by atoms with Gasteiger partial charge in [-0.25, -0.2) is 4.98 Å². The van der Waals surface area contributed by atoms with E-state index in [0.717, 1.165) is 69.5 Å². The maximum atomic E-state index is 12.0. The van der Waals surface area contributed by atoms with E-state index in [1.807, 2.05) is 6.20 Å². The smallest absolute Gasteiger partial charge is 0.249 e. The number of fused-ring (bicyclic) bond motifs is 1. The molecule has 0 spiro atoms. The molecule has 1 aromatic rings. The molecule has 2 aliphatic heterocycles. The predicted molar refractivity (Wildman–Crippen MR) is 117 cm³/mol. The van der Waals surface area contributed by atoms with Crippen molar-refractivity contribution in [3.63, 3.8) is 0 Å². The molecule has 1 atom stereocenters. The van der Waals surface area contributed by atoms with Gasteiger partial charge in [-0.3, -0.25) is 9.69 Å². The summed E-state index contributed by atoms with van der Waals surface area (Å²) < 4.78 is 10.9. The first kappa shape index (κ1) is 21.4. The molecule has 1 amide bonds. The molecule has 7 heteroatoms. The summed E-state index contributed by atoms with van der Waals surface area (Å²) in [5, 5.41) is 3.14. The second-order valence-electron chi connectivity index (χ2n) is 8.94. The summed E-state index contributed by atoms with van der Waals surface area (Å²) in [4.78, 5) is 21.6. The monoisotopic (exact) mass is 416 g/mol. The molecule has 0 unspecified atom stereocenters. The van der Waals surface area contributed by atoms with E-state index in [2.05, 4.69) is 26.2 Å². The van der Waals surface area contributed by atoms with Gasteiger partial charge in [0.05, 0.1) is 6.61 Å². The first-order chi connectivity index (χ1) is 14.6. The molecule has 0 aromatic carbocycles. The van der Waals surface area contributed by atoms with Crippen molar-refractivity contribution >= 4 is 11.7 Å². The minimum Gasteiger partial charge on any atom is -0.489 e. The van der Waals surface area contributed by atoms with Gasteiger partial charge in [-0.2, -0.15) is 0 Å². The lowest BCUT2D eigenvalue weighted by Crippen LogP contribution is -2.47. The minimum absolute atomic E-state index is 0.0165. The number of nitrogens with one attached hydrogen (secondary N) is 1. The fourth-order valence-electron chi connectivity index (χ4n) is 4.89. The van der Waals surface area contributed by atoms with E-state index < -0.39 is 0 Å². The number of carbonyl (C=O) groups is 1. The molecule has 7 nitrogen and oxygen atoms in total.